The maximum absolute atomic E-state index is 12.3. The van der Waals surface area contributed by atoms with Crippen molar-refractivity contribution in [3.05, 3.63) is 120 Å². The number of alkyl carbamates (subject to hydrolysis) is 1. The highest BCUT2D eigenvalue weighted by molar-refractivity contribution is 6.99. The van der Waals surface area contributed by atoms with E-state index in [0.29, 0.717) is 119 Å². The van der Waals surface area contributed by atoms with E-state index in [1.165, 1.54) is 32.6 Å². The summed E-state index contributed by atoms with van der Waals surface area (Å²) in [5.74, 6) is 0.0489. The molecule has 0 bridgehead atoms. The van der Waals surface area contributed by atoms with Crippen LogP contribution in [0.25, 0.3) is 11.1 Å². The van der Waals surface area contributed by atoms with Crippen molar-refractivity contribution in [2.75, 3.05) is 112 Å². The number of carbonyl (C=O) groups is 1. The minimum absolute atomic E-state index is 0.0489. The third-order valence-electron chi connectivity index (χ3n) is 10.3. The zero-order chi connectivity index (χ0) is 42.1. The number of amides is 1. The molecule has 11 nitrogen and oxygen atoms in total. The highest BCUT2D eigenvalue weighted by Gasteiger charge is 2.50. The Balaban J connectivity index is 0.754. The van der Waals surface area contributed by atoms with Crippen molar-refractivity contribution in [1.29, 1.82) is 0 Å². The third kappa shape index (κ3) is 14.6. The Morgan fingerprint density at radius 3 is 1.28 bits per heavy atom. The monoisotopic (exact) mass is 843 g/mol. The molecule has 4 aromatic rings. The van der Waals surface area contributed by atoms with Crippen LogP contribution < -0.4 is 15.7 Å². The zero-order valence-electron chi connectivity index (χ0n) is 35.8. The van der Waals surface area contributed by atoms with Crippen LogP contribution in [0.2, 0.25) is 5.04 Å². The molecule has 60 heavy (non-hydrogen) atoms. The summed E-state index contributed by atoms with van der Waals surface area (Å²) in [6, 6.07) is 37.9. The lowest BCUT2D eigenvalue weighted by Gasteiger charge is -2.43. The first-order valence-corrected chi connectivity index (χ1v) is 23.2. The topological polar surface area (TPSA) is 112 Å². The van der Waals surface area contributed by atoms with E-state index in [1.807, 2.05) is 24.3 Å². The van der Waals surface area contributed by atoms with Gasteiger partial charge >= 0.3 is 6.09 Å². The molecule has 1 aliphatic rings. The van der Waals surface area contributed by atoms with Gasteiger partial charge in [0, 0.05) is 19.1 Å². The van der Waals surface area contributed by atoms with E-state index in [4.69, 9.17) is 42.3 Å². The number of carbonyl (C=O) groups excluding carboxylic acids is 1. The maximum Gasteiger partial charge on any atom is 0.407 e. The molecule has 0 saturated heterocycles. The quantitative estimate of drug-likeness (QED) is 0.0455. The van der Waals surface area contributed by atoms with Crippen molar-refractivity contribution in [1.82, 2.24) is 5.32 Å². The summed E-state index contributed by atoms with van der Waals surface area (Å²) >= 11 is 0. The van der Waals surface area contributed by atoms with Gasteiger partial charge in [0.2, 0.25) is 0 Å². The standard InChI is InChI=1S/C48H65NO10Si/c1-48(2,3)60(40-15-6-4-7-16-40,41-17-8-5-9-18-41)59-38-37-57-36-35-56-34-33-55-32-31-54-30-29-53-28-27-52-26-25-51-24-14-23-49-47(50)58-39-46-44-21-12-10-19-42(44)43-20-11-13-22-45(43)46/h4-13,15-22,46H,14,23-39H2,1-3H3,(H,49,50). The lowest BCUT2D eigenvalue weighted by atomic mass is 9.98. The molecular weight excluding hydrogens is 779 g/mol. The summed E-state index contributed by atoms with van der Waals surface area (Å²) in [5.41, 5.74) is 4.81. The van der Waals surface area contributed by atoms with E-state index in [0.717, 1.165) is 0 Å². The number of ether oxygens (including phenoxy) is 8. The van der Waals surface area contributed by atoms with E-state index in [-0.39, 0.29) is 11.0 Å². The summed E-state index contributed by atoms with van der Waals surface area (Å²) in [6.45, 7) is 15.0. The number of hydrogen-bond donors (Lipinski definition) is 1. The van der Waals surface area contributed by atoms with Crippen molar-refractivity contribution in [3.8, 4) is 11.1 Å². The average Bonchev–Trinajstić information content (AvgIpc) is 3.59. The number of rotatable bonds is 30. The van der Waals surface area contributed by atoms with Crippen LogP contribution in [0.4, 0.5) is 4.79 Å². The van der Waals surface area contributed by atoms with Gasteiger partial charge in [-0.3, -0.25) is 0 Å². The van der Waals surface area contributed by atoms with Gasteiger partial charge in [-0.25, -0.2) is 4.79 Å². The van der Waals surface area contributed by atoms with E-state index in [1.54, 1.807) is 0 Å². The molecule has 0 radical (unpaired) electrons. The molecule has 0 atom stereocenters. The molecular formula is C48H65NO10Si. The van der Waals surface area contributed by atoms with Gasteiger partial charge < -0.3 is 47.6 Å². The van der Waals surface area contributed by atoms with E-state index < -0.39 is 14.4 Å². The molecule has 5 rings (SSSR count). The average molecular weight is 844 g/mol. The smallest absolute Gasteiger partial charge is 0.407 e. The third-order valence-corrected chi connectivity index (χ3v) is 15.3. The number of hydrogen-bond acceptors (Lipinski definition) is 10. The summed E-state index contributed by atoms with van der Waals surface area (Å²) < 4.78 is 51.9. The van der Waals surface area contributed by atoms with E-state index in [9.17, 15) is 4.79 Å². The summed E-state index contributed by atoms with van der Waals surface area (Å²) in [5, 5.41) is 5.28. The van der Waals surface area contributed by atoms with Gasteiger partial charge in [-0.1, -0.05) is 130 Å². The number of benzene rings is 4. The Hall–Kier alpha value is -3.95. The summed E-state index contributed by atoms with van der Waals surface area (Å²) in [6.07, 6.45) is 0.272. The second kappa shape index (κ2) is 26.4. The van der Waals surface area contributed by atoms with Crippen LogP contribution >= 0.6 is 0 Å². The predicted octanol–water partition coefficient (Wildman–Crippen LogP) is 6.61. The first-order valence-electron chi connectivity index (χ1n) is 21.3. The maximum atomic E-state index is 12.3. The molecule has 1 N–H and O–H groups in total. The van der Waals surface area contributed by atoms with Crippen molar-refractivity contribution in [2.24, 2.45) is 0 Å². The molecule has 326 valence electrons. The van der Waals surface area contributed by atoms with Crippen molar-refractivity contribution in [3.63, 3.8) is 0 Å². The SMILES string of the molecule is CC(C)(C)[Si](OCCOCCOCCOCCOCCOCCOCCOCCCNC(=O)OCC1c2ccccc2-c2ccccc21)(c1ccccc1)c1ccccc1. The Morgan fingerprint density at radius 2 is 0.867 bits per heavy atom. The Morgan fingerprint density at radius 1 is 0.500 bits per heavy atom. The largest absolute Gasteiger partial charge is 0.449 e. The van der Waals surface area contributed by atoms with Gasteiger partial charge in [-0.2, -0.15) is 0 Å². The fraction of sp³-hybridized carbons (Fsp3) is 0.479. The second-order valence-corrected chi connectivity index (χ2v) is 19.7. The van der Waals surface area contributed by atoms with Crippen LogP contribution in [0, 0.1) is 0 Å². The van der Waals surface area contributed by atoms with Crippen LogP contribution in [-0.4, -0.2) is 127 Å². The van der Waals surface area contributed by atoms with Gasteiger partial charge in [0.25, 0.3) is 8.32 Å². The summed E-state index contributed by atoms with van der Waals surface area (Å²) in [4.78, 5) is 12.3. The van der Waals surface area contributed by atoms with Crippen LogP contribution in [0.15, 0.2) is 109 Å². The van der Waals surface area contributed by atoms with Gasteiger partial charge in [0.1, 0.15) is 6.61 Å². The first-order chi connectivity index (χ1) is 29.4. The van der Waals surface area contributed by atoms with Gasteiger partial charge in [-0.15, -0.1) is 0 Å². The minimum Gasteiger partial charge on any atom is -0.449 e. The zero-order valence-corrected chi connectivity index (χ0v) is 36.8. The molecule has 4 aromatic carbocycles. The molecule has 0 saturated carbocycles. The fourth-order valence-corrected chi connectivity index (χ4v) is 12.0. The van der Waals surface area contributed by atoms with Gasteiger partial charge in [-0.05, 0) is 44.1 Å². The molecule has 0 heterocycles. The normalized spacial score (nSPS) is 12.7. The lowest BCUT2D eigenvalue weighted by molar-refractivity contribution is -0.0213. The molecule has 0 unspecified atom stereocenters. The lowest BCUT2D eigenvalue weighted by Crippen LogP contribution is -2.66. The van der Waals surface area contributed by atoms with Crippen LogP contribution in [-0.2, 0) is 42.3 Å². The molecule has 1 aliphatic carbocycles. The molecule has 0 fully saturated rings. The Kier molecular flexibility index (Phi) is 20.7. The molecule has 0 spiro atoms. The number of nitrogens with one attached hydrogen (secondary N) is 1. The Labute approximate surface area is 358 Å². The molecule has 0 aromatic heterocycles. The molecule has 0 aliphatic heterocycles. The highest BCUT2D eigenvalue weighted by atomic mass is 28.4. The summed E-state index contributed by atoms with van der Waals surface area (Å²) in [7, 11) is -2.55. The first kappa shape index (κ1) is 47.1. The Bertz CT molecular complexity index is 1690. The second-order valence-electron chi connectivity index (χ2n) is 15.4. The van der Waals surface area contributed by atoms with E-state index in [2.05, 4.69) is 111 Å². The fourth-order valence-electron chi connectivity index (χ4n) is 7.45. The van der Waals surface area contributed by atoms with Gasteiger partial charge in [0.15, 0.2) is 0 Å². The highest BCUT2D eigenvalue weighted by Crippen LogP contribution is 2.44. The van der Waals surface area contributed by atoms with Gasteiger partial charge in [0.05, 0.1) is 92.5 Å². The van der Waals surface area contributed by atoms with E-state index >= 15 is 0 Å². The van der Waals surface area contributed by atoms with Crippen molar-refractivity contribution < 1.29 is 47.1 Å². The van der Waals surface area contributed by atoms with Crippen LogP contribution in [0.1, 0.15) is 44.2 Å². The molecule has 1 amide bonds. The van der Waals surface area contributed by atoms with Crippen molar-refractivity contribution >= 4 is 24.8 Å². The van der Waals surface area contributed by atoms with Crippen LogP contribution in [0.5, 0.6) is 0 Å². The number of fused-ring (bicyclic) bond motifs is 3. The molecule has 12 heteroatoms. The van der Waals surface area contributed by atoms with Crippen molar-refractivity contribution in [2.45, 2.75) is 38.1 Å². The minimum atomic E-state index is -2.55. The van der Waals surface area contributed by atoms with Crippen LogP contribution in [0.3, 0.4) is 0 Å². The predicted molar refractivity (Wildman–Crippen MR) is 237 cm³/mol.